The number of rotatable bonds is 6. The molecule has 0 heterocycles. The van der Waals surface area contributed by atoms with Gasteiger partial charge in [0.25, 0.3) is 0 Å². The highest BCUT2D eigenvalue weighted by atomic mass is 32.2. The van der Waals surface area contributed by atoms with Crippen LogP contribution in [0.1, 0.15) is 38.7 Å². The van der Waals surface area contributed by atoms with Crippen molar-refractivity contribution in [3.63, 3.8) is 0 Å². The molecular formula is C13H22N2O2S. The first-order valence-corrected chi connectivity index (χ1v) is 7.73. The van der Waals surface area contributed by atoms with Crippen molar-refractivity contribution >= 4 is 15.7 Å². The summed E-state index contributed by atoms with van der Waals surface area (Å²) < 4.78 is 27.1. The minimum Gasteiger partial charge on any atom is -0.399 e. The summed E-state index contributed by atoms with van der Waals surface area (Å²) in [4.78, 5) is 0.269. The van der Waals surface area contributed by atoms with Gasteiger partial charge in [0.2, 0.25) is 10.0 Å². The predicted octanol–water partition coefficient (Wildman–Crippen LogP) is 2.43. The van der Waals surface area contributed by atoms with Gasteiger partial charge in [-0.15, -0.1) is 0 Å². The van der Waals surface area contributed by atoms with Crippen LogP contribution in [0.15, 0.2) is 23.1 Å². The second-order valence-electron chi connectivity index (χ2n) is 4.69. The summed E-state index contributed by atoms with van der Waals surface area (Å²) in [6, 6.07) is 4.87. The van der Waals surface area contributed by atoms with Crippen LogP contribution in [0.3, 0.4) is 0 Å². The van der Waals surface area contributed by atoms with Crippen molar-refractivity contribution in [1.82, 2.24) is 4.72 Å². The van der Waals surface area contributed by atoms with Gasteiger partial charge in [0.15, 0.2) is 0 Å². The second-order valence-corrected chi connectivity index (χ2v) is 6.37. The Morgan fingerprint density at radius 3 is 2.67 bits per heavy atom. The molecule has 0 radical (unpaired) electrons. The number of hydrogen-bond donors (Lipinski definition) is 2. The fourth-order valence-corrected chi connectivity index (χ4v) is 3.36. The molecule has 0 amide bonds. The Morgan fingerprint density at radius 1 is 1.39 bits per heavy atom. The van der Waals surface area contributed by atoms with Crippen LogP contribution in [0.5, 0.6) is 0 Å². The lowest BCUT2D eigenvalue weighted by Gasteiger charge is -2.15. The predicted molar refractivity (Wildman–Crippen MR) is 74.9 cm³/mol. The Hall–Kier alpha value is -1.07. The van der Waals surface area contributed by atoms with Crippen molar-refractivity contribution in [2.45, 2.75) is 51.0 Å². The summed E-state index contributed by atoms with van der Waals surface area (Å²) in [5, 5.41) is 0. The van der Waals surface area contributed by atoms with Crippen LogP contribution in [-0.4, -0.2) is 14.5 Å². The maximum absolute atomic E-state index is 12.2. The molecule has 1 aromatic carbocycles. The molecule has 0 aromatic heterocycles. The topological polar surface area (TPSA) is 72.2 Å². The molecule has 0 aliphatic carbocycles. The maximum atomic E-state index is 12.2. The van der Waals surface area contributed by atoms with Gasteiger partial charge in [-0.2, -0.15) is 0 Å². The summed E-state index contributed by atoms with van der Waals surface area (Å²) in [5.74, 6) is 0. The number of hydrogen-bond acceptors (Lipinski definition) is 3. The highest BCUT2D eigenvalue weighted by molar-refractivity contribution is 7.89. The van der Waals surface area contributed by atoms with Gasteiger partial charge < -0.3 is 5.73 Å². The van der Waals surface area contributed by atoms with E-state index in [1.54, 1.807) is 19.1 Å². The Bertz CT molecular complexity index is 498. The average molecular weight is 270 g/mol. The van der Waals surface area contributed by atoms with Gasteiger partial charge in [0, 0.05) is 11.7 Å². The number of benzene rings is 1. The van der Waals surface area contributed by atoms with E-state index in [1.807, 2.05) is 6.92 Å². The molecule has 0 saturated heterocycles. The summed E-state index contributed by atoms with van der Waals surface area (Å²) in [5.41, 5.74) is 6.81. The highest BCUT2D eigenvalue weighted by Gasteiger charge is 2.19. The lowest BCUT2D eigenvalue weighted by Crippen LogP contribution is -2.33. The monoisotopic (exact) mass is 270 g/mol. The van der Waals surface area contributed by atoms with E-state index in [-0.39, 0.29) is 10.9 Å². The maximum Gasteiger partial charge on any atom is 0.241 e. The number of aryl methyl sites for hydroxylation is 1. The van der Waals surface area contributed by atoms with E-state index < -0.39 is 10.0 Å². The van der Waals surface area contributed by atoms with Crippen LogP contribution >= 0.6 is 0 Å². The number of nitrogens with two attached hydrogens (primary N) is 1. The molecule has 0 fully saturated rings. The first-order chi connectivity index (χ1) is 8.36. The van der Waals surface area contributed by atoms with E-state index in [1.165, 1.54) is 6.07 Å². The Balaban J connectivity index is 2.89. The summed E-state index contributed by atoms with van der Waals surface area (Å²) in [6.07, 6.45) is 2.92. The molecule has 0 saturated carbocycles. The van der Waals surface area contributed by atoms with E-state index >= 15 is 0 Å². The third-order valence-electron chi connectivity index (χ3n) is 2.85. The van der Waals surface area contributed by atoms with Gasteiger partial charge in [-0.1, -0.05) is 25.8 Å². The lowest BCUT2D eigenvalue weighted by molar-refractivity contribution is 0.534. The minimum atomic E-state index is -3.47. The molecule has 1 unspecified atom stereocenters. The van der Waals surface area contributed by atoms with Crippen LogP contribution in [0.4, 0.5) is 5.69 Å². The third-order valence-corrected chi connectivity index (χ3v) is 4.58. The molecule has 0 spiro atoms. The molecule has 0 aliphatic heterocycles. The average Bonchev–Trinajstić information content (AvgIpc) is 2.29. The molecular weight excluding hydrogens is 248 g/mol. The van der Waals surface area contributed by atoms with Crippen LogP contribution < -0.4 is 10.5 Å². The van der Waals surface area contributed by atoms with E-state index in [0.29, 0.717) is 11.3 Å². The van der Waals surface area contributed by atoms with Crippen molar-refractivity contribution in [1.29, 1.82) is 0 Å². The summed E-state index contributed by atoms with van der Waals surface area (Å²) >= 11 is 0. The number of sulfonamides is 1. The zero-order chi connectivity index (χ0) is 13.8. The van der Waals surface area contributed by atoms with Crippen molar-refractivity contribution in [3.05, 3.63) is 23.8 Å². The van der Waals surface area contributed by atoms with Crippen LogP contribution in [-0.2, 0) is 10.0 Å². The van der Waals surface area contributed by atoms with E-state index in [2.05, 4.69) is 11.6 Å². The van der Waals surface area contributed by atoms with E-state index in [0.717, 1.165) is 19.3 Å². The van der Waals surface area contributed by atoms with Crippen molar-refractivity contribution < 1.29 is 8.42 Å². The molecule has 0 aliphatic rings. The molecule has 1 rings (SSSR count). The summed E-state index contributed by atoms with van der Waals surface area (Å²) in [6.45, 7) is 5.74. The molecule has 1 aromatic rings. The van der Waals surface area contributed by atoms with Crippen LogP contribution in [0.2, 0.25) is 0 Å². The number of anilines is 1. The fraction of sp³-hybridized carbons (Fsp3) is 0.538. The molecule has 3 N–H and O–H groups in total. The van der Waals surface area contributed by atoms with Crippen molar-refractivity contribution in [2.75, 3.05) is 5.73 Å². The standard InChI is InChI=1S/C13H22N2O2S/c1-4-5-6-11(3)15-18(16,17)13-9-12(14)8-7-10(13)2/h7-9,11,15H,4-6,14H2,1-3H3. The van der Waals surface area contributed by atoms with Crippen LogP contribution in [0, 0.1) is 6.92 Å². The van der Waals surface area contributed by atoms with Crippen molar-refractivity contribution in [2.24, 2.45) is 0 Å². The molecule has 5 heteroatoms. The molecule has 102 valence electrons. The smallest absolute Gasteiger partial charge is 0.241 e. The minimum absolute atomic E-state index is 0.0595. The fourth-order valence-electron chi connectivity index (χ4n) is 1.80. The molecule has 18 heavy (non-hydrogen) atoms. The van der Waals surface area contributed by atoms with E-state index in [4.69, 9.17) is 5.73 Å². The first-order valence-electron chi connectivity index (χ1n) is 6.25. The van der Waals surface area contributed by atoms with Gasteiger partial charge in [0.1, 0.15) is 0 Å². The number of nitrogens with one attached hydrogen (secondary N) is 1. The van der Waals surface area contributed by atoms with Gasteiger partial charge in [-0.3, -0.25) is 0 Å². The first kappa shape index (κ1) is 15.0. The van der Waals surface area contributed by atoms with Gasteiger partial charge >= 0.3 is 0 Å². The molecule has 4 nitrogen and oxygen atoms in total. The van der Waals surface area contributed by atoms with Crippen LogP contribution in [0.25, 0.3) is 0 Å². The zero-order valence-electron chi connectivity index (χ0n) is 11.2. The Labute approximate surface area is 110 Å². The third kappa shape index (κ3) is 3.99. The normalized spacial score (nSPS) is 13.5. The van der Waals surface area contributed by atoms with Crippen molar-refractivity contribution in [3.8, 4) is 0 Å². The van der Waals surface area contributed by atoms with Gasteiger partial charge in [-0.05, 0) is 38.0 Å². The number of nitrogen functional groups attached to an aromatic ring is 1. The highest BCUT2D eigenvalue weighted by Crippen LogP contribution is 2.18. The van der Waals surface area contributed by atoms with Gasteiger partial charge in [0.05, 0.1) is 4.90 Å². The quantitative estimate of drug-likeness (QED) is 0.780. The van der Waals surface area contributed by atoms with E-state index in [9.17, 15) is 8.42 Å². The Kier molecular flexibility index (Phi) is 5.16. The summed E-state index contributed by atoms with van der Waals surface area (Å²) in [7, 11) is -3.47. The van der Waals surface area contributed by atoms with Gasteiger partial charge in [-0.25, -0.2) is 13.1 Å². The zero-order valence-corrected chi connectivity index (χ0v) is 12.0. The second kappa shape index (κ2) is 6.20. The number of unbranched alkanes of at least 4 members (excludes halogenated alkanes) is 1. The Morgan fingerprint density at radius 2 is 2.06 bits per heavy atom. The molecule has 0 bridgehead atoms. The largest absolute Gasteiger partial charge is 0.399 e. The lowest BCUT2D eigenvalue weighted by atomic mass is 10.2. The SMILES string of the molecule is CCCCC(C)NS(=O)(=O)c1cc(N)ccc1C. The molecule has 1 atom stereocenters.